The molecule has 0 aromatic carbocycles. The van der Waals surface area contributed by atoms with Crippen molar-refractivity contribution in [2.75, 3.05) is 18.6 Å². The molecule has 104 valence electrons. The van der Waals surface area contributed by atoms with Crippen LogP contribution in [-0.2, 0) is 14.4 Å². The van der Waals surface area contributed by atoms with Crippen molar-refractivity contribution in [2.24, 2.45) is 5.73 Å². The van der Waals surface area contributed by atoms with E-state index in [1.807, 2.05) is 6.26 Å². The van der Waals surface area contributed by atoms with Gasteiger partial charge in [-0.25, -0.2) is 0 Å². The summed E-state index contributed by atoms with van der Waals surface area (Å²) in [7, 11) is 0. The van der Waals surface area contributed by atoms with E-state index in [0.717, 1.165) is 5.75 Å². The highest BCUT2D eigenvalue weighted by atomic mass is 32.2. The molecule has 0 aliphatic rings. The minimum absolute atomic E-state index is 0.274. The van der Waals surface area contributed by atoms with Gasteiger partial charge in [0.15, 0.2) is 0 Å². The van der Waals surface area contributed by atoms with Crippen molar-refractivity contribution in [2.45, 2.75) is 25.4 Å². The molecule has 2 atom stereocenters. The first kappa shape index (κ1) is 16.7. The number of aliphatic carboxylic acids is 1. The molecular weight excluding hydrogens is 258 g/mol. The number of amides is 2. The van der Waals surface area contributed by atoms with Gasteiger partial charge in [0, 0.05) is 0 Å². The fourth-order valence-electron chi connectivity index (χ4n) is 1.03. The number of carbonyl (C=O) groups is 3. The predicted molar refractivity (Wildman–Crippen MR) is 69.2 cm³/mol. The zero-order valence-corrected chi connectivity index (χ0v) is 11.3. The van der Waals surface area contributed by atoms with E-state index in [4.69, 9.17) is 10.8 Å². The maximum atomic E-state index is 11.4. The summed E-state index contributed by atoms with van der Waals surface area (Å²) in [5.74, 6) is -1.35. The molecule has 8 heteroatoms. The number of nitrogens with two attached hydrogens (primary N) is 1. The highest BCUT2D eigenvalue weighted by molar-refractivity contribution is 7.98. The van der Waals surface area contributed by atoms with E-state index in [-0.39, 0.29) is 6.54 Å². The number of rotatable bonds is 8. The molecule has 18 heavy (non-hydrogen) atoms. The molecular formula is C10H19N3O4S. The summed E-state index contributed by atoms with van der Waals surface area (Å²) in [6, 6.07) is -1.64. The van der Waals surface area contributed by atoms with Gasteiger partial charge < -0.3 is 21.5 Å². The second kappa shape index (κ2) is 8.76. The van der Waals surface area contributed by atoms with Crippen molar-refractivity contribution in [1.82, 2.24) is 10.6 Å². The third-order valence-electron chi connectivity index (χ3n) is 2.14. The predicted octanol–water partition coefficient (Wildman–Crippen LogP) is -1.23. The summed E-state index contributed by atoms with van der Waals surface area (Å²) < 4.78 is 0. The molecule has 0 rings (SSSR count). The van der Waals surface area contributed by atoms with Crippen LogP contribution in [0.15, 0.2) is 0 Å². The van der Waals surface area contributed by atoms with Crippen LogP contribution in [-0.4, -0.2) is 53.5 Å². The molecule has 5 N–H and O–H groups in total. The maximum Gasteiger partial charge on any atom is 0.325 e. The van der Waals surface area contributed by atoms with E-state index in [9.17, 15) is 14.4 Å². The minimum atomic E-state index is -1.13. The summed E-state index contributed by atoms with van der Waals surface area (Å²) in [5, 5.41) is 13.1. The van der Waals surface area contributed by atoms with Gasteiger partial charge in [-0.1, -0.05) is 0 Å². The van der Waals surface area contributed by atoms with E-state index < -0.39 is 29.9 Å². The zero-order chi connectivity index (χ0) is 14.1. The monoisotopic (exact) mass is 277 g/mol. The molecule has 0 aromatic heterocycles. The molecule has 2 unspecified atom stereocenters. The first-order chi connectivity index (χ1) is 8.38. The summed E-state index contributed by atoms with van der Waals surface area (Å²) in [6.07, 6.45) is 2.44. The average molecular weight is 277 g/mol. The Morgan fingerprint density at radius 2 is 2.00 bits per heavy atom. The normalized spacial score (nSPS) is 13.5. The summed E-state index contributed by atoms with van der Waals surface area (Å²) in [6.45, 7) is 1.07. The topological polar surface area (TPSA) is 122 Å². The van der Waals surface area contributed by atoms with Crippen LogP contribution in [0.25, 0.3) is 0 Å². The third kappa shape index (κ3) is 7.13. The van der Waals surface area contributed by atoms with Gasteiger partial charge in [-0.05, 0) is 25.4 Å². The zero-order valence-electron chi connectivity index (χ0n) is 10.4. The van der Waals surface area contributed by atoms with Gasteiger partial charge in [0.05, 0.1) is 12.6 Å². The van der Waals surface area contributed by atoms with Gasteiger partial charge >= 0.3 is 5.97 Å². The van der Waals surface area contributed by atoms with Gasteiger partial charge in [-0.3, -0.25) is 14.4 Å². The number of hydrogen-bond donors (Lipinski definition) is 4. The van der Waals surface area contributed by atoms with Crippen molar-refractivity contribution in [3.05, 3.63) is 0 Å². The molecule has 0 aliphatic heterocycles. The molecule has 0 radical (unpaired) electrons. The lowest BCUT2D eigenvalue weighted by Crippen LogP contribution is -2.47. The van der Waals surface area contributed by atoms with Crippen LogP contribution in [0.1, 0.15) is 13.3 Å². The lowest BCUT2D eigenvalue weighted by molar-refractivity contribution is -0.141. The van der Waals surface area contributed by atoms with Crippen LogP contribution < -0.4 is 16.4 Å². The Kier molecular flexibility index (Phi) is 8.14. The number of hydrogen-bond acceptors (Lipinski definition) is 5. The number of thioether (sulfide) groups is 1. The fourth-order valence-corrected chi connectivity index (χ4v) is 1.52. The molecule has 0 fully saturated rings. The minimum Gasteiger partial charge on any atom is -0.480 e. The second-order valence-electron chi connectivity index (χ2n) is 3.73. The molecule has 0 bridgehead atoms. The Morgan fingerprint density at radius 1 is 1.39 bits per heavy atom. The largest absolute Gasteiger partial charge is 0.480 e. The van der Waals surface area contributed by atoms with Gasteiger partial charge in [-0.2, -0.15) is 11.8 Å². The van der Waals surface area contributed by atoms with Crippen LogP contribution in [0.3, 0.4) is 0 Å². The van der Waals surface area contributed by atoms with Crippen molar-refractivity contribution < 1.29 is 19.5 Å². The van der Waals surface area contributed by atoms with E-state index in [2.05, 4.69) is 10.6 Å². The molecule has 0 aromatic rings. The second-order valence-corrected chi connectivity index (χ2v) is 4.72. The molecule has 0 heterocycles. The third-order valence-corrected chi connectivity index (χ3v) is 2.78. The van der Waals surface area contributed by atoms with Gasteiger partial charge in [0.25, 0.3) is 0 Å². The van der Waals surface area contributed by atoms with Crippen molar-refractivity contribution in [3.63, 3.8) is 0 Å². The van der Waals surface area contributed by atoms with E-state index >= 15 is 0 Å². The highest BCUT2D eigenvalue weighted by Crippen LogP contribution is 1.98. The first-order valence-electron chi connectivity index (χ1n) is 5.42. The summed E-state index contributed by atoms with van der Waals surface area (Å²) in [4.78, 5) is 33.2. The Hall–Kier alpha value is -1.28. The van der Waals surface area contributed by atoms with Gasteiger partial charge in [-0.15, -0.1) is 0 Å². The van der Waals surface area contributed by atoms with Crippen LogP contribution in [0.4, 0.5) is 0 Å². The van der Waals surface area contributed by atoms with Gasteiger partial charge in [0.2, 0.25) is 11.8 Å². The Labute approximate surface area is 110 Å². The number of carbonyl (C=O) groups excluding carboxylic acids is 2. The van der Waals surface area contributed by atoms with E-state index in [0.29, 0.717) is 6.42 Å². The maximum absolute atomic E-state index is 11.4. The lowest BCUT2D eigenvalue weighted by Gasteiger charge is -2.13. The molecule has 0 saturated carbocycles. The standard InChI is InChI=1S/C10H19N3O4S/c1-6(10(16)17)13-8(14)5-12-9(15)7(11)3-4-18-2/h6-7H,3-5,11H2,1-2H3,(H,12,15)(H,13,14)(H,16,17). The van der Waals surface area contributed by atoms with Crippen molar-refractivity contribution >= 4 is 29.5 Å². The smallest absolute Gasteiger partial charge is 0.325 e. The Bertz CT molecular complexity index is 311. The number of carboxylic acid groups (broad SMARTS) is 1. The van der Waals surface area contributed by atoms with E-state index in [1.165, 1.54) is 6.92 Å². The van der Waals surface area contributed by atoms with Crippen molar-refractivity contribution in [3.8, 4) is 0 Å². The SMILES string of the molecule is CSCCC(N)C(=O)NCC(=O)NC(C)C(=O)O. The number of nitrogens with one attached hydrogen (secondary N) is 2. The van der Waals surface area contributed by atoms with Crippen LogP contribution in [0.5, 0.6) is 0 Å². The van der Waals surface area contributed by atoms with Crippen LogP contribution in [0, 0.1) is 0 Å². The van der Waals surface area contributed by atoms with Crippen molar-refractivity contribution in [1.29, 1.82) is 0 Å². The van der Waals surface area contributed by atoms with Crippen LogP contribution in [0.2, 0.25) is 0 Å². The summed E-state index contributed by atoms with van der Waals surface area (Å²) in [5.41, 5.74) is 5.59. The Morgan fingerprint density at radius 3 is 2.50 bits per heavy atom. The Balaban J connectivity index is 3.91. The highest BCUT2D eigenvalue weighted by Gasteiger charge is 2.16. The molecule has 0 spiro atoms. The fraction of sp³-hybridized carbons (Fsp3) is 0.700. The molecule has 0 saturated heterocycles. The van der Waals surface area contributed by atoms with E-state index in [1.54, 1.807) is 11.8 Å². The average Bonchev–Trinajstić information content (AvgIpc) is 2.32. The molecule has 0 aliphatic carbocycles. The summed E-state index contributed by atoms with van der Waals surface area (Å²) >= 11 is 1.58. The van der Waals surface area contributed by atoms with Gasteiger partial charge in [0.1, 0.15) is 6.04 Å². The first-order valence-corrected chi connectivity index (χ1v) is 6.82. The van der Waals surface area contributed by atoms with Crippen LogP contribution >= 0.6 is 11.8 Å². The number of carboxylic acids is 1. The lowest BCUT2D eigenvalue weighted by atomic mass is 10.2. The quantitative estimate of drug-likeness (QED) is 0.441. The molecule has 2 amide bonds. The molecule has 7 nitrogen and oxygen atoms in total.